The van der Waals surface area contributed by atoms with Crippen molar-refractivity contribution in [2.75, 3.05) is 5.43 Å². The quantitative estimate of drug-likeness (QED) is 0.263. The number of non-ortho nitro benzene ring substituents is 1. The van der Waals surface area contributed by atoms with Crippen LogP contribution in [-0.2, 0) is 4.79 Å². The number of aromatic nitrogens is 1. The molecule has 0 radical (unpaired) electrons. The van der Waals surface area contributed by atoms with Gasteiger partial charge in [0, 0.05) is 23.3 Å². The summed E-state index contributed by atoms with van der Waals surface area (Å²) in [6.07, 6.45) is 4.72. The topological polar surface area (TPSA) is 114 Å². The van der Waals surface area contributed by atoms with Crippen LogP contribution in [0.2, 0.25) is 0 Å². The number of nitro groups is 1. The molecule has 0 saturated carbocycles. The Balaban J connectivity index is 1.65. The molecule has 0 unspecified atom stereocenters. The van der Waals surface area contributed by atoms with E-state index in [0.717, 1.165) is 27.1 Å². The molecule has 0 spiro atoms. The molecule has 0 atom stereocenters. The number of nitro benzene ring substituents is 1. The normalized spacial score (nSPS) is 13.8. The van der Waals surface area contributed by atoms with E-state index < -0.39 is 10.8 Å². The summed E-state index contributed by atoms with van der Waals surface area (Å²) in [5.41, 5.74) is 4.48. The number of amides is 1. The lowest BCUT2D eigenvalue weighted by molar-refractivity contribution is -0.384. The van der Waals surface area contributed by atoms with Gasteiger partial charge in [0.05, 0.1) is 9.80 Å². The molecule has 1 aromatic heterocycles. The Kier molecular flexibility index (Phi) is 5.32. The van der Waals surface area contributed by atoms with E-state index in [-0.39, 0.29) is 26.9 Å². The second-order valence-electron chi connectivity index (χ2n) is 6.48. The number of nitrogens with one attached hydrogen (secondary N) is 1. The maximum atomic E-state index is 12.5. The highest BCUT2D eigenvalue weighted by atomic mass is 32.1. The van der Waals surface area contributed by atoms with Gasteiger partial charge >= 0.3 is 0 Å². The number of ketones is 1. The molecule has 0 saturated heterocycles. The molecule has 0 fully saturated rings. The number of benzene rings is 2. The van der Waals surface area contributed by atoms with Gasteiger partial charge in [-0.15, -0.1) is 0 Å². The second kappa shape index (κ2) is 8.09. The third-order valence-electron chi connectivity index (χ3n) is 4.57. The molecular formula is C21H13N3O5S2. The van der Waals surface area contributed by atoms with Gasteiger partial charge < -0.3 is 5.11 Å². The largest absolute Gasteiger partial charge is 0.492 e. The number of hydrogen-bond acceptors (Lipinski definition) is 7. The smallest absolute Gasteiger partial charge is 0.270 e. The Bertz CT molecular complexity index is 1350. The van der Waals surface area contributed by atoms with E-state index in [9.17, 15) is 24.8 Å². The van der Waals surface area contributed by atoms with Gasteiger partial charge in [-0.05, 0) is 47.6 Å². The van der Waals surface area contributed by atoms with Gasteiger partial charge in [-0.1, -0.05) is 41.7 Å². The number of hydrogen-bond donors (Lipinski definition) is 2. The fourth-order valence-electron chi connectivity index (χ4n) is 3.03. The molecule has 3 aromatic rings. The zero-order chi connectivity index (χ0) is 22.1. The van der Waals surface area contributed by atoms with Crippen molar-refractivity contribution < 1.29 is 19.6 Å². The number of carbonyl (C=O) groups is 2. The van der Waals surface area contributed by atoms with Crippen molar-refractivity contribution >= 4 is 58.7 Å². The van der Waals surface area contributed by atoms with Crippen LogP contribution in [0.25, 0.3) is 17.7 Å². The van der Waals surface area contributed by atoms with Crippen molar-refractivity contribution in [3.8, 4) is 5.88 Å². The summed E-state index contributed by atoms with van der Waals surface area (Å²) in [6.45, 7) is 0. The molecule has 10 heteroatoms. The van der Waals surface area contributed by atoms with E-state index in [0.29, 0.717) is 10.5 Å². The van der Waals surface area contributed by atoms with Gasteiger partial charge in [-0.25, -0.2) is 0 Å². The Morgan fingerprint density at radius 2 is 1.87 bits per heavy atom. The molecule has 2 aromatic carbocycles. The number of aromatic hydroxyl groups is 1. The number of fused-ring (bicyclic) bond motifs is 1. The van der Waals surface area contributed by atoms with Crippen LogP contribution >= 0.6 is 23.6 Å². The van der Waals surface area contributed by atoms with E-state index in [2.05, 4.69) is 5.43 Å². The SMILES string of the molecule is O=C1C=Cc2ccccc2/C1=C/c1sc(=S)n(NC(=O)c2ccc([N+](=O)[O-])cc2)c1O. The Labute approximate surface area is 184 Å². The molecule has 0 aliphatic heterocycles. The molecule has 0 bridgehead atoms. The van der Waals surface area contributed by atoms with Gasteiger partial charge in [-0.3, -0.25) is 25.1 Å². The highest BCUT2D eigenvalue weighted by molar-refractivity contribution is 7.73. The zero-order valence-electron chi connectivity index (χ0n) is 15.6. The first-order chi connectivity index (χ1) is 14.8. The van der Waals surface area contributed by atoms with E-state index >= 15 is 0 Å². The fraction of sp³-hybridized carbons (Fsp3) is 0. The summed E-state index contributed by atoms with van der Waals surface area (Å²) in [5, 5.41) is 21.4. The van der Waals surface area contributed by atoms with Crippen LogP contribution in [0.1, 0.15) is 26.4 Å². The van der Waals surface area contributed by atoms with E-state index in [1.54, 1.807) is 6.08 Å². The van der Waals surface area contributed by atoms with Crippen LogP contribution in [0.4, 0.5) is 5.69 Å². The van der Waals surface area contributed by atoms with Crippen molar-refractivity contribution in [2.24, 2.45) is 0 Å². The summed E-state index contributed by atoms with van der Waals surface area (Å²) in [4.78, 5) is 35.4. The number of allylic oxidation sites excluding steroid dienone is 2. The van der Waals surface area contributed by atoms with Crippen LogP contribution in [0.5, 0.6) is 5.88 Å². The van der Waals surface area contributed by atoms with Crippen LogP contribution in [-0.4, -0.2) is 26.4 Å². The van der Waals surface area contributed by atoms with Crippen molar-refractivity contribution in [1.82, 2.24) is 4.68 Å². The highest BCUT2D eigenvalue weighted by Crippen LogP contribution is 2.33. The third-order valence-corrected chi connectivity index (χ3v) is 5.88. The molecule has 1 aliphatic rings. The lowest BCUT2D eigenvalue weighted by atomic mass is 9.91. The lowest BCUT2D eigenvalue weighted by Gasteiger charge is -2.12. The molecule has 31 heavy (non-hydrogen) atoms. The molecule has 1 aliphatic carbocycles. The van der Waals surface area contributed by atoms with Crippen molar-refractivity contribution in [2.45, 2.75) is 0 Å². The Morgan fingerprint density at radius 1 is 1.16 bits per heavy atom. The van der Waals surface area contributed by atoms with Crippen molar-refractivity contribution in [3.63, 3.8) is 0 Å². The van der Waals surface area contributed by atoms with E-state index in [4.69, 9.17) is 12.2 Å². The minimum Gasteiger partial charge on any atom is -0.492 e. The van der Waals surface area contributed by atoms with Gasteiger partial charge in [0.2, 0.25) is 5.88 Å². The molecule has 8 nitrogen and oxygen atoms in total. The maximum Gasteiger partial charge on any atom is 0.270 e. The fourth-order valence-corrected chi connectivity index (χ4v) is 4.20. The van der Waals surface area contributed by atoms with Crippen LogP contribution in [0, 0.1) is 14.1 Å². The second-order valence-corrected chi connectivity index (χ2v) is 8.15. The first kappa shape index (κ1) is 20.4. The number of thiazole rings is 1. The Morgan fingerprint density at radius 3 is 2.58 bits per heavy atom. The van der Waals surface area contributed by atoms with Crippen LogP contribution in [0.15, 0.2) is 54.6 Å². The highest BCUT2D eigenvalue weighted by Gasteiger charge is 2.20. The Hall–Kier alpha value is -3.89. The van der Waals surface area contributed by atoms with E-state index in [1.165, 1.54) is 36.4 Å². The molecule has 1 heterocycles. The maximum absolute atomic E-state index is 12.5. The van der Waals surface area contributed by atoms with E-state index in [1.807, 2.05) is 24.3 Å². The summed E-state index contributed by atoms with van der Waals surface area (Å²) < 4.78 is 1.19. The molecular weight excluding hydrogens is 438 g/mol. The first-order valence-corrected chi connectivity index (χ1v) is 10.1. The monoisotopic (exact) mass is 451 g/mol. The first-order valence-electron chi connectivity index (χ1n) is 8.89. The summed E-state index contributed by atoms with van der Waals surface area (Å²) >= 11 is 6.27. The minimum atomic E-state index is -0.611. The van der Waals surface area contributed by atoms with Gasteiger partial charge in [-0.2, -0.15) is 4.68 Å². The molecule has 2 N–H and O–H groups in total. The van der Waals surface area contributed by atoms with Crippen LogP contribution in [0.3, 0.4) is 0 Å². The van der Waals surface area contributed by atoms with Gasteiger partial charge in [0.25, 0.3) is 11.6 Å². The summed E-state index contributed by atoms with van der Waals surface area (Å²) in [7, 11) is 0. The third kappa shape index (κ3) is 3.93. The standard InChI is InChI=1S/C21H13N3O5S2/c25-17-10-7-12-3-1-2-4-15(12)16(17)11-18-20(27)23(21(30)31-18)22-19(26)13-5-8-14(9-6-13)24(28)29/h1-11,27H,(H,22,26)/b16-11-. The number of carbonyl (C=O) groups excluding carboxylic acids is 2. The van der Waals surface area contributed by atoms with Crippen molar-refractivity contribution in [1.29, 1.82) is 0 Å². The van der Waals surface area contributed by atoms with Gasteiger partial charge in [0.15, 0.2) is 9.74 Å². The molecule has 154 valence electrons. The average Bonchev–Trinajstić information content (AvgIpc) is 3.03. The molecule has 4 rings (SSSR count). The summed E-state index contributed by atoms with van der Waals surface area (Å²) in [5.74, 6) is -1.14. The number of nitrogens with zero attached hydrogens (tertiary/aromatic N) is 2. The van der Waals surface area contributed by atoms with Crippen LogP contribution < -0.4 is 5.43 Å². The zero-order valence-corrected chi connectivity index (χ0v) is 17.3. The summed E-state index contributed by atoms with van der Waals surface area (Å²) in [6, 6.07) is 12.4. The predicted molar refractivity (Wildman–Crippen MR) is 120 cm³/mol. The van der Waals surface area contributed by atoms with Crippen molar-refractivity contribution in [3.05, 3.63) is 90.2 Å². The minimum absolute atomic E-state index is 0.146. The molecule has 1 amide bonds. The lowest BCUT2D eigenvalue weighted by Crippen LogP contribution is -2.22. The predicted octanol–water partition coefficient (Wildman–Crippen LogP) is 4.41. The average molecular weight is 451 g/mol. The number of rotatable bonds is 4. The van der Waals surface area contributed by atoms with Gasteiger partial charge in [0.1, 0.15) is 0 Å².